The molecule has 0 aliphatic carbocycles. The summed E-state index contributed by atoms with van der Waals surface area (Å²) in [6.45, 7) is 8.58. The molecule has 0 aliphatic rings. The summed E-state index contributed by atoms with van der Waals surface area (Å²) in [5.74, 6) is 0.892. The normalized spacial score (nSPS) is 10.9. The number of aromatic nitrogens is 1. The topological polar surface area (TPSA) is 67.5 Å². The van der Waals surface area contributed by atoms with Gasteiger partial charge in [0.25, 0.3) is 11.8 Å². The lowest BCUT2D eigenvalue weighted by molar-refractivity contribution is 0.0739. The van der Waals surface area contributed by atoms with E-state index in [9.17, 15) is 9.59 Å². The lowest BCUT2D eigenvalue weighted by Crippen LogP contribution is -2.32. The number of aryl methyl sites for hydroxylation is 1. The summed E-state index contributed by atoms with van der Waals surface area (Å²) < 4.78 is 7.86. The Hall–Kier alpha value is -3.28. The van der Waals surface area contributed by atoms with Gasteiger partial charge in [0.05, 0.1) is 13.1 Å². The zero-order valence-corrected chi connectivity index (χ0v) is 20.0. The van der Waals surface area contributed by atoms with Gasteiger partial charge in [0.2, 0.25) is 0 Å². The molecule has 6 nitrogen and oxygen atoms in total. The van der Waals surface area contributed by atoms with Gasteiger partial charge < -0.3 is 19.2 Å². The van der Waals surface area contributed by atoms with Crippen LogP contribution < -0.4 is 5.32 Å². The predicted molar refractivity (Wildman–Crippen MR) is 130 cm³/mol. The highest BCUT2D eigenvalue weighted by Crippen LogP contribution is 2.16. The predicted octanol–water partition coefficient (Wildman–Crippen LogP) is 5.41. The summed E-state index contributed by atoms with van der Waals surface area (Å²) in [5.41, 5.74) is 2.86. The Balaban J connectivity index is 1.65. The van der Waals surface area contributed by atoms with Crippen molar-refractivity contribution in [3.63, 3.8) is 0 Å². The number of benzene rings is 1. The van der Waals surface area contributed by atoms with Gasteiger partial charge in [-0.1, -0.05) is 44.4 Å². The molecule has 1 aromatic carbocycles. The fraction of sp³-hybridized carbons (Fsp3) is 0.407. The summed E-state index contributed by atoms with van der Waals surface area (Å²) >= 11 is 0. The van der Waals surface area contributed by atoms with Crippen LogP contribution in [0, 0.1) is 6.92 Å². The van der Waals surface area contributed by atoms with Crippen LogP contribution in [0.2, 0.25) is 0 Å². The number of amides is 2. The molecule has 0 saturated heterocycles. The minimum Gasteiger partial charge on any atom is -0.454 e. The van der Waals surface area contributed by atoms with E-state index < -0.39 is 0 Å². The van der Waals surface area contributed by atoms with Gasteiger partial charge in [-0.15, -0.1) is 0 Å². The minimum atomic E-state index is -0.178. The van der Waals surface area contributed by atoms with Crippen LogP contribution >= 0.6 is 0 Å². The number of nitrogens with one attached hydrogen (secondary N) is 1. The molecule has 0 radical (unpaired) electrons. The molecule has 1 N–H and O–H groups in total. The van der Waals surface area contributed by atoms with E-state index in [0.29, 0.717) is 43.3 Å². The first-order chi connectivity index (χ1) is 16.0. The number of rotatable bonds is 12. The highest BCUT2D eigenvalue weighted by molar-refractivity contribution is 5.94. The Kier molecular flexibility index (Phi) is 8.93. The summed E-state index contributed by atoms with van der Waals surface area (Å²) in [4.78, 5) is 27.3. The monoisotopic (exact) mass is 449 g/mol. The molecule has 0 saturated carbocycles. The molecule has 33 heavy (non-hydrogen) atoms. The van der Waals surface area contributed by atoms with Gasteiger partial charge >= 0.3 is 0 Å². The molecule has 2 heterocycles. The van der Waals surface area contributed by atoms with Gasteiger partial charge in [0, 0.05) is 30.5 Å². The summed E-state index contributed by atoms with van der Waals surface area (Å²) in [5, 5.41) is 2.91. The summed E-state index contributed by atoms with van der Waals surface area (Å²) in [7, 11) is 0. The molecule has 2 amide bonds. The molecule has 0 bridgehead atoms. The fourth-order valence-corrected chi connectivity index (χ4v) is 3.76. The van der Waals surface area contributed by atoms with E-state index in [1.807, 2.05) is 60.5 Å². The number of carbonyl (C=O) groups is 2. The molecule has 0 unspecified atom stereocenters. The quantitative estimate of drug-likeness (QED) is 0.376. The first kappa shape index (κ1) is 24.4. The van der Waals surface area contributed by atoms with E-state index in [4.69, 9.17) is 4.42 Å². The summed E-state index contributed by atoms with van der Waals surface area (Å²) in [6.07, 6.45) is 6.04. The van der Waals surface area contributed by atoms with Crippen molar-refractivity contribution in [2.75, 3.05) is 13.1 Å². The SMILES string of the molecule is CCCCCNC(=O)c1ccc(Cn2cccc2CN(CCC)C(=O)c2ccc(C)cc2)o1. The summed E-state index contributed by atoms with van der Waals surface area (Å²) in [6, 6.07) is 15.3. The first-order valence-corrected chi connectivity index (χ1v) is 11.9. The lowest BCUT2D eigenvalue weighted by Gasteiger charge is -2.23. The molecule has 2 aromatic heterocycles. The Morgan fingerprint density at radius 1 is 1.00 bits per heavy atom. The van der Waals surface area contributed by atoms with E-state index in [1.165, 1.54) is 0 Å². The van der Waals surface area contributed by atoms with E-state index >= 15 is 0 Å². The third-order valence-corrected chi connectivity index (χ3v) is 5.63. The second kappa shape index (κ2) is 12.1. The van der Waals surface area contributed by atoms with Crippen molar-refractivity contribution in [3.8, 4) is 0 Å². The van der Waals surface area contributed by atoms with E-state index in [0.717, 1.165) is 36.9 Å². The lowest BCUT2D eigenvalue weighted by atomic mass is 10.1. The van der Waals surface area contributed by atoms with Crippen LogP contribution in [-0.2, 0) is 13.1 Å². The van der Waals surface area contributed by atoms with Gasteiger partial charge in [-0.25, -0.2) is 0 Å². The Labute approximate surface area is 196 Å². The number of hydrogen-bond acceptors (Lipinski definition) is 3. The Morgan fingerprint density at radius 3 is 2.52 bits per heavy atom. The minimum absolute atomic E-state index is 0.0321. The van der Waals surface area contributed by atoms with Gasteiger partial charge in [-0.3, -0.25) is 9.59 Å². The third kappa shape index (κ3) is 6.85. The van der Waals surface area contributed by atoms with E-state index in [1.54, 1.807) is 6.07 Å². The van der Waals surface area contributed by atoms with Crippen LogP contribution in [0.25, 0.3) is 0 Å². The van der Waals surface area contributed by atoms with Gasteiger partial charge in [-0.05, 0) is 56.2 Å². The number of unbranched alkanes of at least 4 members (excludes halogenated alkanes) is 2. The van der Waals surface area contributed by atoms with E-state index in [-0.39, 0.29) is 11.8 Å². The second-order valence-corrected chi connectivity index (χ2v) is 8.45. The van der Waals surface area contributed by atoms with Crippen LogP contribution in [0.15, 0.2) is 59.1 Å². The highest BCUT2D eigenvalue weighted by Gasteiger charge is 2.18. The highest BCUT2D eigenvalue weighted by atomic mass is 16.4. The molecule has 0 aliphatic heterocycles. The molecule has 3 rings (SSSR count). The maximum atomic E-state index is 13.1. The van der Waals surface area contributed by atoms with Crippen LogP contribution in [0.5, 0.6) is 0 Å². The van der Waals surface area contributed by atoms with Crippen molar-refractivity contribution in [2.45, 2.75) is 59.5 Å². The van der Waals surface area contributed by atoms with Crippen LogP contribution in [0.1, 0.15) is 77.5 Å². The van der Waals surface area contributed by atoms with Crippen LogP contribution in [-0.4, -0.2) is 34.4 Å². The standard InChI is InChI=1S/C27H35N3O3/c1-4-6-7-16-28-26(31)25-15-14-24(33-25)20-29-18-8-9-23(29)19-30(17-5-2)27(32)22-12-10-21(3)11-13-22/h8-15,18H,4-7,16-17,19-20H2,1-3H3,(H,28,31). The zero-order valence-electron chi connectivity index (χ0n) is 20.0. The number of carbonyl (C=O) groups excluding carboxylic acids is 2. The fourth-order valence-electron chi connectivity index (χ4n) is 3.76. The van der Waals surface area contributed by atoms with Crippen molar-refractivity contribution in [2.24, 2.45) is 0 Å². The van der Waals surface area contributed by atoms with E-state index in [2.05, 4.69) is 23.7 Å². The van der Waals surface area contributed by atoms with Crippen LogP contribution in [0.3, 0.4) is 0 Å². The van der Waals surface area contributed by atoms with Crippen molar-refractivity contribution in [3.05, 3.63) is 83.1 Å². The largest absolute Gasteiger partial charge is 0.454 e. The first-order valence-electron chi connectivity index (χ1n) is 11.9. The second-order valence-electron chi connectivity index (χ2n) is 8.45. The van der Waals surface area contributed by atoms with Crippen molar-refractivity contribution in [1.29, 1.82) is 0 Å². The molecule has 6 heteroatoms. The molecule has 0 atom stereocenters. The molecule has 3 aromatic rings. The zero-order chi connectivity index (χ0) is 23.6. The Morgan fingerprint density at radius 2 is 1.79 bits per heavy atom. The average Bonchev–Trinajstić information content (AvgIpc) is 3.46. The third-order valence-electron chi connectivity index (χ3n) is 5.63. The number of hydrogen-bond donors (Lipinski definition) is 1. The molecular formula is C27H35N3O3. The van der Waals surface area contributed by atoms with Crippen LogP contribution in [0.4, 0.5) is 0 Å². The van der Waals surface area contributed by atoms with Crippen molar-refractivity contribution < 1.29 is 14.0 Å². The van der Waals surface area contributed by atoms with Gasteiger partial charge in [0.15, 0.2) is 5.76 Å². The molecular weight excluding hydrogens is 414 g/mol. The van der Waals surface area contributed by atoms with Crippen molar-refractivity contribution >= 4 is 11.8 Å². The number of nitrogens with zero attached hydrogens (tertiary/aromatic N) is 2. The molecule has 0 fully saturated rings. The number of furan rings is 1. The molecule has 176 valence electrons. The van der Waals surface area contributed by atoms with Gasteiger partial charge in [0.1, 0.15) is 5.76 Å². The smallest absolute Gasteiger partial charge is 0.286 e. The average molecular weight is 450 g/mol. The van der Waals surface area contributed by atoms with Gasteiger partial charge in [-0.2, -0.15) is 0 Å². The maximum Gasteiger partial charge on any atom is 0.286 e. The molecule has 0 spiro atoms. The van der Waals surface area contributed by atoms with Crippen molar-refractivity contribution in [1.82, 2.24) is 14.8 Å². The maximum absolute atomic E-state index is 13.1. The Bertz CT molecular complexity index is 1030.